The lowest BCUT2D eigenvalue weighted by Crippen LogP contribution is -2.41. The Morgan fingerprint density at radius 2 is 2.00 bits per heavy atom. The number of hydrogen-bond acceptors (Lipinski definition) is 3. The number of carbonyl (C=O) groups excluding carboxylic acids is 1. The molecule has 0 aromatic heterocycles. The molecule has 2 fully saturated rings. The van der Waals surface area contributed by atoms with Crippen LogP contribution in [0.1, 0.15) is 44.9 Å². The van der Waals surface area contributed by atoms with Gasteiger partial charge in [0.2, 0.25) is 5.91 Å². The molecule has 4 nitrogen and oxygen atoms in total. The molecule has 1 amide bonds. The van der Waals surface area contributed by atoms with Crippen molar-refractivity contribution in [1.29, 1.82) is 0 Å². The lowest BCUT2D eigenvalue weighted by atomic mass is 9.92. The number of nitrogens with zero attached hydrogens (tertiary/aromatic N) is 1. The molecule has 1 saturated heterocycles. The molecule has 0 aromatic rings. The topological polar surface area (TPSA) is 52.6 Å². The number of rotatable bonds is 3. The van der Waals surface area contributed by atoms with E-state index in [1.807, 2.05) is 0 Å². The number of likely N-dealkylation sites (tertiary alicyclic amines) is 1. The van der Waals surface area contributed by atoms with Gasteiger partial charge in [-0.25, -0.2) is 0 Å². The number of nitrogens with one attached hydrogen (secondary N) is 1. The van der Waals surface area contributed by atoms with Crippen molar-refractivity contribution < 1.29 is 9.90 Å². The van der Waals surface area contributed by atoms with Gasteiger partial charge in [-0.1, -0.05) is 0 Å². The molecule has 1 heterocycles. The first kappa shape index (κ1) is 13.8. The smallest absolute Gasteiger partial charge is 0.220 e. The van der Waals surface area contributed by atoms with Gasteiger partial charge in [-0.3, -0.25) is 4.79 Å². The maximum atomic E-state index is 12.0. The fourth-order valence-corrected chi connectivity index (χ4v) is 3.21. The molecule has 1 aliphatic heterocycles. The van der Waals surface area contributed by atoms with Crippen molar-refractivity contribution in [3.63, 3.8) is 0 Å². The van der Waals surface area contributed by atoms with E-state index in [0.717, 1.165) is 32.2 Å². The van der Waals surface area contributed by atoms with Gasteiger partial charge in [-0.2, -0.15) is 0 Å². The van der Waals surface area contributed by atoms with Crippen molar-refractivity contribution in [3.8, 4) is 0 Å². The third-order valence-corrected chi connectivity index (χ3v) is 4.26. The maximum Gasteiger partial charge on any atom is 0.220 e. The molecule has 1 saturated carbocycles. The van der Waals surface area contributed by atoms with Gasteiger partial charge in [0.05, 0.1) is 6.10 Å². The summed E-state index contributed by atoms with van der Waals surface area (Å²) in [6, 6.07) is 0.294. The number of aliphatic hydroxyl groups is 1. The van der Waals surface area contributed by atoms with Crippen LogP contribution < -0.4 is 5.32 Å². The minimum atomic E-state index is -0.148. The zero-order valence-corrected chi connectivity index (χ0v) is 11.4. The van der Waals surface area contributed by atoms with Gasteiger partial charge < -0.3 is 15.3 Å². The van der Waals surface area contributed by atoms with Crippen molar-refractivity contribution in [2.75, 3.05) is 20.1 Å². The van der Waals surface area contributed by atoms with Crippen molar-refractivity contribution in [2.45, 2.75) is 57.1 Å². The lowest BCUT2D eigenvalue weighted by Gasteiger charge is -2.30. The number of piperidine rings is 1. The van der Waals surface area contributed by atoms with Crippen LogP contribution in [0.15, 0.2) is 0 Å². The Kier molecular flexibility index (Phi) is 5.01. The van der Waals surface area contributed by atoms with Gasteiger partial charge in [0.15, 0.2) is 0 Å². The van der Waals surface area contributed by atoms with Crippen LogP contribution in [0.4, 0.5) is 0 Å². The van der Waals surface area contributed by atoms with Crippen molar-refractivity contribution in [2.24, 2.45) is 5.92 Å². The van der Waals surface area contributed by atoms with Gasteiger partial charge in [-0.05, 0) is 58.0 Å². The van der Waals surface area contributed by atoms with Gasteiger partial charge in [0.25, 0.3) is 0 Å². The molecule has 0 bridgehead atoms. The Bertz CT molecular complexity index is 275. The van der Waals surface area contributed by atoms with E-state index in [4.69, 9.17) is 0 Å². The summed E-state index contributed by atoms with van der Waals surface area (Å²) in [5.41, 5.74) is 0. The second kappa shape index (κ2) is 6.53. The van der Waals surface area contributed by atoms with E-state index in [-0.39, 0.29) is 12.0 Å². The van der Waals surface area contributed by atoms with Gasteiger partial charge in [0, 0.05) is 19.0 Å². The Labute approximate surface area is 110 Å². The Morgan fingerprint density at radius 3 is 2.67 bits per heavy atom. The molecule has 2 aliphatic rings. The number of amides is 1. The summed E-state index contributed by atoms with van der Waals surface area (Å²) >= 11 is 0. The van der Waals surface area contributed by atoms with E-state index < -0.39 is 0 Å². The Morgan fingerprint density at radius 1 is 1.28 bits per heavy atom. The summed E-state index contributed by atoms with van der Waals surface area (Å²) in [5, 5.41) is 12.6. The zero-order valence-electron chi connectivity index (χ0n) is 11.4. The average Bonchev–Trinajstić information content (AvgIpc) is 2.32. The summed E-state index contributed by atoms with van der Waals surface area (Å²) in [4.78, 5) is 14.3. The largest absolute Gasteiger partial charge is 0.393 e. The minimum absolute atomic E-state index is 0.148. The number of aliphatic hydroxyl groups excluding tert-OH is 1. The van der Waals surface area contributed by atoms with Gasteiger partial charge >= 0.3 is 0 Å². The number of carbonyl (C=O) groups is 1. The molecule has 18 heavy (non-hydrogen) atoms. The Balaban J connectivity index is 1.68. The fraction of sp³-hybridized carbons (Fsp3) is 0.929. The second-order valence-corrected chi connectivity index (χ2v) is 6.05. The second-order valence-electron chi connectivity index (χ2n) is 6.05. The average molecular weight is 254 g/mol. The highest BCUT2D eigenvalue weighted by Crippen LogP contribution is 2.21. The molecular formula is C14H26N2O2. The predicted octanol–water partition coefficient (Wildman–Crippen LogP) is 1.14. The quantitative estimate of drug-likeness (QED) is 0.794. The van der Waals surface area contributed by atoms with Crippen LogP contribution in [-0.2, 0) is 4.79 Å². The first-order chi connectivity index (χ1) is 8.63. The third kappa shape index (κ3) is 4.25. The van der Waals surface area contributed by atoms with Crippen LogP contribution in [0.3, 0.4) is 0 Å². The molecule has 1 atom stereocenters. The van der Waals surface area contributed by atoms with Crippen LogP contribution in [0.2, 0.25) is 0 Å². The first-order valence-electron chi connectivity index (χ1n) is 7.29. The highest BCUT2D eigenvalue weighted by atomic mass is 16.3. The van der Waals surface area contributed by atoms with E-state index in [0.29, 0.717) is 18.4 Å². The van der Waals surface area contributed by atoms with Crippen LogP contribution in [0, 0.1) is 5.92 Å². The monoisotopic (exact) mass is 254 g/mol. The SMILES string of the molecule is CN1CCCC(CC(=O)NC2CCC(O)CC2)C1. The van der Waals surface area contributed by atoms with Gasteiger partial charge in [0.1, 0.15) is 0 Å². The lowest BCUT2D eigenvalue weighted by molar-refractivity contribution is -0.123. The van der Waals surface area contributed by atoms with Gasteiger partial charge in [-0.15, -0.1) is 0 Å². The van der Waals surface area contributed by atoms with E-state index in [2.05, 4.69) is 17.3 Å². The van der Waals surface area contributed by atoms with E-state index in [1.165, 1.54) is 19.4 Å². The summed E-state index contributed by atoms with van der Waals surface area (Å²) < 4.78 is 0. The molecule has 1 unspecified atom stereocenters. The van der Waals surface area contributed by atoms with E-state index in [1.54, 1.807) is 0 Å². The molecule has 0 aromatic carbocycles. The van der Waals surface area contributed by atoms with Crippen molar-refractivity contribution in [3.05, 3.63) is 0 Å². The molecule has 0 spiro atoms. The molecular weight excluding hydrogens is 228 g/mol. The zero-order chi connectivity index (χ0) is 13.0. The highest BCUT2D eigenvalue weighted by molar-refractivity contribution is 5.76. The van der Waals surface area contributed by atoms with Crippen molar-refractivity contribution in [1.82, 2.24) is 10.2 Å². The molecule has 4 heteroatoms. The molecule has 1 aliphatic carbocycles. The minimum Gasteiger partial charge on any atom is -0.393 e. The van der Waals surface area contributed by atoms with E-state index in [9.17, 15) is 9.90 Å². The normalized spacial score (nSPS) is 34.2. The van der Waals surface area contributed by atoms with Crippen molar-refractivity contribution >= 4 is 5.91 Å². The Hall–Kier alpha value is -0.610. The summed E-state index contributed by atoms with van der Waals surface area (Å²) in [6.45, 7) is 2.22. The van der Waals surface area contributed by atoms with E-state index >= 15 is 0 Å². The maximum absolute atomic E-state index is 12.0. The summed E-state index contributed by atoms with van der Waals surface area (Å²) in [6.07, 6.45) is 6.43. The molecule has 2 N–H and O–H groups in total. The third-order valence-electron chi connectivity index (χ3n) is 4.26. The number of hydrogen-bond donors (Lipinski definition) is 2. The van der Waals surface area contributed by atoms with Crippen LogP contribution in [0.5, 0.6) is 0 Å². The summed E-state index contributed by atoms with van der Waals surface area (Å²) in [5.74, 6) is 0.731. The summed E-state index contributed by atoms with van der Waals surface area (Å²) in [7, 11) is 2.13. The highest BCUT2D eigenvalue weighted by Gasteiger charge is 2.23. The van der Waals surface area contributed by atoms with Crippen LogP contribution >= 0.6 is 0 Å². The molecule has 2 rings (SSSR count). The first-order valence-corrected chi connectivity index (χ1v) is 7.29. The predicted molar refractivity (Wildman–Crippen MR) is 71.2 cm³/mol. The molecule has 0 radical (unpaired) electrons. The fourth-order valence-electron chi connectivity index (χ4n) is 3.21. The van der Waals surface area contributed by atoms with Crippen LogP contribution in [-0.4, -0.2) is 48.2 Å². The molecule has 104 valence electrons. The standard InChI is InChI=1S/C14H26N2O2/c1-16-8-2-3-11(10-16)9-14(18)15-12-4-6-13(17)7-5-12/h11-13,17H,2-10H2,1H3,(H,15,18). The van der Waals surface area contributed by atoms with Crippen LogP contribution in [0.25, 0.3) is 0 Å².